The van der Waals surface area contributed by atoms with Crippen LogP contribution in [0.3, 0.4) is 0 Å². The molecule has 2 aromatic rings. The van der Waals surface area contributed by atoms with Crippen LogP contribution in [0.5, 0.6) is 0 Å². The zero-order valence-corrected chi connectivity index (χ0v) is 8.54. The molecule has 0 saturated heterocycles. The number of aryl methyl sites for hydroxylation is 1. The number of fused-ring (bicyclic) bond motifs is 1. The van der Waals surface area contributed by atoms with E-state index in [4.69, 9.17) is 0 Å². The van der Waals surface area contributed by atoms with E-state index >= 15 is 0 Å². The predicted octanol–water partition coefficient (Wildman–Crippen LogP) is 0.572. The first kappa shape index (κ1) is 11.0. The van der Waals surface area contributed by atoms with Gasteiger partial charge in [0.15, 0.2) is 0 Å². The Hall–Kier alpha value is -2.51. The fraction of sp³-hybridized carbons (Fsp3) is 0.111. The molecule has 88 valence electrons. The Kier molecular flexibility index (Phi) is 2.27. The molecular formula is C9H6FN3O4. The number of H-pyrrole nitrogens is 2. The van der Waals surface area contributed by atoms with Crippen LogP contribution in [0.2, 0.25) is 0 Å². The molecule has 0 unspecified atom stereocenters. The Balaban J connectivity index is 3.09. The first-order valence-corrected chi connectivity index (χ1v) is 4.51. The highest BCUT2D eigenvalue weighted by molar-refractivity contribution is 5.84. The number of nitrogens with zero attached hydrogens (tertiary/aromatic N) is 1. The molecule has 7 nitrogen and oxygen atoms in total. The fourth-order valence-electron chi connectivity index (χ4n) is 1.52. The van der Waals surface area contributed by atoms with Crippen LogP contribution >= 0.6 is 0 Å². The maximum atomic E-state index is 13.6. The van der Waals surface area contributed by atoms with E-state index in [1.807, 2.05) is 4.98 Å². The molecule has 1 aromatic carbocycles. The molecule has 0 atom stereocenters. The Morgan fingerprint density at radius 1 is 1.29 bits per heavy atom. The monoisotopic (exact) mass is 239 g/mol. The highest BCUT2D eigenvalue weighted by Crippen LogP contribution is 2.27. The van der Waals surface area contributed by atoms with Crippen molar-refractivity contribution in [3.05, 3.63) is 48.3 Å². The summed E-state index contributed by atoms with van der Waals surface area (Å²) in [5, 5.41) is 10.7. The maximum Gasteiger partial charge on any atom is 0.330 e. The van der Waals surface area contributed by atoms with Gasteiger partial charge in [0.25, 0.3) is 0 Å². The van der Waals surface area contributed by atoms with Crippen LogP contribution in [0, 0.1) is 22.9 Å². The summed E-state index contributed by atoms with van der Waals surface area (Å²) >= 11 is 0. The van der Waals surface area contributed by atoms with Crippen LogP contribution in [0.25, 0.3) is 11.0 Å². The summed E-state index contributed by atoms with van der Waals surface area (Å²) in [5.41, 5.74) is -3.18. The lowest BCUT2D eigenvalue weighted by atomic mass is 10.1. The topological polar surface area (TPSA) is 109 Å². The lowest BCUT2D eigenvalue weighted by molar-refractivity contribution is -0.385. The third-order valence-corrected chi connectivity index (χ3v) is 2.30. The molecular weight excluding hydrogens is 233 g/mol. The third kappa shape index (κ3) is 1.59. The second kappa shape index (κ2) is 3.51. The molecule has 0 spiro atoms. The minimum Gasteiger partial charge on any atom is -0.316 e. The molecule has 1 heterocycles. The van der Waals surface area contributed by atoms with Gasteiger partial charge in [0.2, 0.25) is 5.82 Å². The van der Waals surface area contributed by atoms with Gasteiger partial charge >= 0.3 is 16.8 Å². The summed E-state index contributed by atoms with van der Waals surface area (Å²) in [7, 11) is 0. The number of nitro benzene ring substituents is 1. The van der Waals surface area contributed by atoms with Crippen LogP contribution in [0.4, 0.5) is 10.1 Å². The number of rotatable bonds is 1. The number of aromatic nitrogens is 2. The summed E-state index contributed by atoms with van der Waals surface area (Å²) in [4.78, 5) is 36.0. The van der Waals surface area contributed by atoms with Gasteiger partial charge in [-0.3, -0.25) is 19.7 Å². The van der Waals surface area contributed by atoms with E-state index in [9.17, 15) is 24.1 Å². The Morgan fingerprint density at radius 2 is 1.88 bits per heavy atom. The highest BCUT2D eigenvalue weighted by Gasteiger charge is 2.22. The van der Waals surface area contributed by atoms with Crippen LogP contribution in [-0.2, 0) is 0 Å². The first-order valence-electron chi connectivity index (χ1n) is 4.51. The number of hydrogen-bond donors (Lipinski definition) is 2. The van der Waals surface area contributed by atoms with E-state index in [2.05, 4.69) is 4.98 Å². The average molecular weight is 239 g/mol. The quantitative estimate of drug-likeness (QED) is 0.430. The van der Waals surface area contributed by atoms with Gasteiger partial charge in [0, 0.05) is 0 Å². The minimum atomic E-state index is -1.07. The summed E-state index contributed by atoms with van der Waals surface area (Å²) in [5.74, 6) is -1.04. The van der Waals surface area contributed by atoms with Crippen molar-refractivity contribution >= 4 is 16.7 Å². The van der Waals surface area contributed by atoms with E-state index in [0.29, 0.717) is 0 Å². The molecule has 0 aliphatic carbocycles. The summed E-state index contributed by atoms with van der Waals surface area (Å²) in [6.07, 6.45) is 0. The van der Waals surface area contributed by atoms with Gasteiger partial charge in [0.1, 0.15) is 5.52 Å². The lowest BCUT2D eigenvalue weighted by Crippen LogP contribution is -2.29. The van der Waals surface area contributed by atoms with E-state index in [1.165, 1.54) is 13.0 Å². The van der Waals surface area contributed by atoms with Crippen LogP contribution in [-0.4, -0.2) is 14.9 Å². The van der Waals surface area contributed by atoms with Crippen molar-refractivity contribution in [1.82, 2.24) is 9.97 Å². The third-order valence-electron chi connectivity index (χ3n) is 2.30. The first-order chi connectivity index (χ1) is 7.91. The zero-order valence-electron chi connectivity index (χ0n) is 8.54. The molecule has 0 fully saturated rings. The van der Waals surface area contributed by atoms with E-state index in [0.717, 1.165) is 0 Å². The van der Waals surface area contributed by atoms with E-state index in [1.54, 1.807) is 0 Å². The second-order valence-electron chi connectivity index (χ2n) is 3.44. The molecule has 0 aliphatic heterocycles. The van der Waals surface area contributed by atoms with Gasteiger partial charge in [-0.2, -0.15) is 4.39 Å². The summed E-state index contributed by atoms with van der Waals surface area (Å²) < 4.78 is 13.6. The number of benzene rings is 1. The minimum absolute atomic E-state index is 0.00639. The molecule has 0 amide bonds. The highest BCUT2D eigenvalue weighted by atomic mass is 19.1. The standard InChI is InChI=1S/C9H6FN3O4/c1-3-2-4-6(7(5(3)10)13(16)17)12-9(15)8(14)11-4/h2H,1H3,(H,11,14)(H,12,15). The number of nitrogens with one attached hydrogen (secondary N) is 2. The molecule has 17 heavy (non-hydrogen) atoms. The van der Waals surface area contributed by atoms with E-state index in [-0.39, 0.29) is 16.6 Å². The molecule has 1 aromatic heterocycles. The van der Waals surface area contributed by atoms with Crippen LogP contribution in [0.1, 0.15) is 5.56 Å². The summed E-state index contributed by atoms with van der Waals surface area (Å²) in [6, 6.07) is 1.22. The molecule has 0 saturated carbocycles. The molecule has 0 aliphatic rings. The van der Waals surface area contributed by atoms with Crippen LogP contribution < -0.4 is 11.1 Å². The van der Waals surface area contributed by atoms with Crippen molar-refractivity contribution in [2.24, 2.45) is 0 Å². The van der Waals surface area contributed by atoms with Crippen LogP contribution in [0.15, 0.2) is 15.7 Å². The number of halogens is 1. The second-order valence-corrected chi connectivity index (χ2v) is 3.44. The van der Waals surface area contributed by atoms with Gasteiger partial charge in [-0.15, -0.1) is 0 Å². The summed E-state index contributed by atoms with van der Waals surface area (Å²) in [6.45, 7) is 1.32. The van der Waals surface area contributed by atoms with Crippen molar-refractivity contribution in [1.29, 1.82) is 0 Å². The maximum absolute atomic E-state index is 13.6. The zero-order chi connectivity index (χ0) is 12.7. The van der Waals surface area contributed by atoms with Gasteiger partial charge in [0.05, 0.1) is 10.4 Å². The Morgan fingerprint density at radius 3 is 2.47 bits per heavy atom. The number of hydrogen-bond acceptors (Lipinski definition) is 4. The van der Waals surface area contributed by atoms with Gasteiger partial charge in [-0.1, -0.05) is 0 Å². The van der Waals surface area contributed by atoms with Crippen molar-refractivity contribution in [3.8, 4) is 0 Å². The van der Waals surface area contributed by atoms with E-state index < -0.39 is 27.5 Å². The van der Waals surface area contributed by atoms with Crippen molar-refractivity contribution < 1.29 is 9.31 Å². The number of nitro groups is 1. The van der Waals surface area contributed by atoms with Gasteiger partial charge in [-0.05, 0) is 18.6 Å². The van der Waals surface area contributed by atoms with Crippen molar-refractivity contribution in [3.63, 3.8) is 0 Å². The van der Waals surface area contributed by atoms with Gasteiger partial charge in [-0.25, -0.2) is 0 Å². The molecule has 8 heteroatoms. The Labute approximate surface area is 92.1 Å². The lowest BCUT2D eigenvalue weighted by Gasteiger charge is -2.02. The molecule has 2 N–H and O–H groups in total. The van der Waals surface area contributed by atoms with Gasteiger partial charge < -0.3 is 9.97 Å². The van der Waals surface area contributed by atoms with Crippen molar-refractivity contribution in [2.45, 2.75) is 6.92 Å². The molecule has 2 rings (SSSR count). The van der Waals surface area contributed by atoms with Crippen molar-refractivity contribution in [2.75, 3.05) is 0 Å². The predicted molar refractivity (Wildman–Crippen MR) is 56.5 cm³/mol. The largest absolute Gasteiger partial charge is 0.330 e. The normalized spacial score (nSPS) is 10.7. The number of aromatic amines is 2. The average Bonchev–Trinajstić information content (AvgIpc) is 2.23. The molecule has 0 radical (unpaired) electrons. The Bertz CT molecular complexity index is 746. The SMILES string of the molecule is Cc1cc2[nH]c(=O)c(=O)[nH]c2c([N+](=O)[O-])c1F. The molecule has 0 bridgehead atoms. The fourth-order valence-corrected chi connectivity index (χ4v) is 1.52. The smallest absolute Gasteiger partial charge is 0.316 e.